The third kappa shape index (κ3) is 1.96. The summed E-state index contributed by atoms with van der Waals surface area (Å²) in [6, 6.07) is 8.67. The molecule has 0 saturated heterocycles. The van der Waals surface area contributed by atoms with Gasteiger partial charge in [-0.2, -0.15) is 0 Å². The molecule has 1 aromatic carbocycles. The van der Waals surface area contributed by atoms with Gasteiger partial charge in [0.15, 0.2) is 0 Å². The minimum Gasteiger partial charge on any atom is -0.384 e. The lowest BCUT2D eigenvalue weighted by atomic mass is 9.62. The van der Waals surface area contributed by atoms with Crippen molar-refractivity contribution >= 4 is 15.9 Å². The number of hydrogen-bond acceptors (Lipinski definition) is 2. The summed E-state index contributed by atoms with van der Waals surface area (Å²) in [6.07, 6.45) is 2.03. The van der Waals surface area contributed by atoms with Crippen LogP contribution in [0.4, 0.5) is 0 Å². The van der Waals surface area contributed by atoms with Crippen LogP contribution in [0.3, 0.4) is 0 Å². The van der Waals surface area contributed by atoms with Crippen molar-refractivity contribution in [3.05, 3.63) is 34.3 Å². The van der Waals surface area contributed by atoms with E-state index < -0.39 is 0 Å². The second kappa shape index (κ2) is 4.24. The largest absolute Gasteiger partial charge is 0.384 e. The number of hydrogen-bond donors (Lipinski definition) is 1. The molecular formula is C12H16BrNO. The lowest BCUT2D eigenvalue weighted by Crippen LogP contribution is -2.52. The third-order valence-corrected chi connectivity index (χ3v) is 3.86. The van der Waals surface area contributed by atoms with Crippen LogP contribution in [0, 0.1) is 0 Å². The number of ether oxygens (including phenoxy) is 1. The molecule has 2 nitrogen and oxygen atoms in total. The van der Waals surface area contributed by atoms with E-state index in [2.05, 4.69) is 34.1 Å². The Labute approximate surface area is 98.9 Å². The Balaban J connectivity index is 2.30. The van der Waals surface area contributed by atoms with Gasteiger partial charge in [-0.15, -0.1) is 0 Å². The first-order chi connectivity index (χ1) is 7.18. The monoisotopic (exact) mass is 269 g/mol. The zero-order valence-electron chi connectivity index (χ0n) is 8.87. The summed E-state index contributed by atoms with van der Waals surface area (Å²) in [7, 11) is 1.75. The first kappa shape index (κ1) is 11.1. The number of nitrogens with two attached hydrogens (primary N) is 1. The van der Waals surface area contributed by atoms with E-state index in [9.17, 15) is 0 Å². The predicted octanol–water partition coefficient (Wildman–Crippen LogP) is 2.45. The van der Waals surface area contributed by atoms with Crippen molar-refractivity contribution in [2.75, 3.05) is 13.7 Å². The second-order valence-corrected chi connectivity index (χ2v) is 5.22. The van der Waals surface area contributed by atoms with Crippen LogP contribution >= 0.6 is 15.9 Å². The summed E-state index contributed by atoms with van der Waals surface area (Å²) in [5.41, 5.74) is 7.36. The summed E-state index contributed by atoms with van der Waals surface area (Å²) in [5.74, 6) is 0. The highest BCUT2D eigenvalue weighted by Gasteiger charge is 2.44. The molecule has 0 unspecified atom stereocenters. The number of rotatable bonds is 3. The Morgan fingerprint density at radius 2 is 2.13 bits per heavy atom. The van der Waals surface area contributed by atoms with Crippen molar-refractivity contribution in [3.63, 3.8) is 0 Å². The molecule has 0 amide bonds. The highest BCUT2D eigenvalue weighted by Crippen LogP contribution is 2.45. The van der Waals surface area contributed by atoms with Gasteiger partial charge in [-0.05, 0) is 24.5 Å². The predicted molar refractivity (Wildman–Crippen MR) is 64.9 cm³/mol. The van der Waals surface area contributed by atoms with Gasteiger partial charge in [0, 0.05) is 23.0 Å². The van der Waals surface area contributed by atoms with Gasteiger partial charge in [0.25, 0.3) is 0 Å². The van der Waals surface area contributed by atoms with E-state index >= 15 is 0 Å². The summed E-state index contributed by atoms with van der Waals surface area (Å²) < 4.78 is 6.49. The van der Waals surface area contributed by atoms with Crippen molar-refractivity contribution in [2.24, 2.45) is 5.73 Å². The molecule has 0 aromatic heterocycles. The Hall–Kier alpha value is -0.380. The molecule has 0 aliphatic heterocycles. The summed E-state index contributed by atoms with van der Waals surface area (Å²) in [4.78, 5) is 0. The van der Waals surface area contributed by atoms with E-state index in [0.29, 0.717) is 6.04 Å². The van der Waals surface area contributed by atoms with Gasteiger partial charge in [-0.1, -0.05) is 34.1 Å². The molecule has 0 bridgehead atoms. The molecule has 82 valence electrons. The SMILES string of the molecule is COCC1(c2ccccc2Br)CC(N)C1. The highest BCUT2D eigenvalue weighted by molar-refractivity contribution is 9.10. The average molecular weight is 270 g/mol. The van der Waals surface area contributed by atoms with Gasteiger partial charge in [0.05, 0.1) is 6.61 Å². The standard InChI is InChI=1S/C12H16BrNO/c1-15-8-12(6-9(14)7-12)10-4-2-3-5-11(10)13/h2-5,9H,6-8,14H2,1H3. The van der Waals surface area contributed by atoms with E-state index in [0.717, 1.165) is 23.9 Å². The first-order valence-electron chi connectivity index (χ1n) is 5.17. The maximum atomic E-state index is 5.90. The molecule has 0 spiro atoms. The Kier molecular flexibility index (Phi) is 3.14. The molecular weight excluding hydrogens is 254 g/mol. The fourth-order valence-corrected chi connectivity index (χ4v) is 3.23. The Morgan fingerprint density at radius 3 is 2.67 bits per heavy atom. The lowest BCUT2D eigenvalue weighted by Gasteiger charge is -2.46. The van der Waals surface area contributed by atoms with Crippen molar-refractivity contribution in [1.82, 2.24) is 0 Å². The molecule has 0 heterocycles. The molecule has 0 radical (unpaired) electrons. The Bertz CT molecular complexity index is 342. The van der Waals surface area contributed by atoms with Crippen LogP contribution in [0.15, 0.2) is 28.7 Å². The normalized spacial score (nSPS) is 29.9. The number of halogens is 1. The van der Waals surface area contributed by atoms with Crippen LogP contribution in [0.1, 0.15) is 18.4 Å². The van der Waals surface area contributed by atoms with E-state index in [1.54, 1.807) is 7.11 Å². The fourth-order valence-electron chi connectivity index (χ4n) is 2.53. The maximum Gasteiger partial charge on any atom is 0.0560 e. The molecule has 15 heavy (non-hydrogen) atoms. The molecule has 1 fully saturated rings. The zero-order valence-corrected chi connectivity index (χ0v) is 10.5. The Morgan fingerprint density at radius 1 is 1.47 bits per heavy atom. The smallest absolute Gasteiger partial charge is 0.0560 e. The van der Waals surface area contributed by atoms with Gasteiger partial charge >= 0.3 is 0 Å². The van der Waals surface area contributed by atoms with Crippen LogP contribution < -0.4 is 5.73 Å². The molecule has 1 aromatic rings. The summed E-state index contributed by atoms with van der Waals surface area (Å²) >= 11 is 3.60. The maximum absolute atomic E-state index is 5.90. The van der Waals surface area contributed by atoms with E-state index in [4.69, 9.17) is 10.5 Å². The third-order valence-electron chi connectivity index (χ3n) is 3.17. The summed E-state index contributed by atoms with van der Waals surface area (Å²) in [5, 5.41) is 0. The van der Waals surface area contributed by atoms with Crippen LogP contribution in [-0.4, -0.2) is 19.8 Å². The number of methoxy groups -OCH3 is 1. The fraction of sp³-hybridized carbons (Fsp3) is 0.500. The van der Waals surface area contributed by atoms with Crippen molar-refractivity contribution in [3.8, 4) is 0 Å². The van der Waals surface area contributed by atoms with Gasteiger partial charge in [0.1, 0.15) is 0 Å². The molecule has 2 rings (SSSR count). The first-order valence-corrected chi connectivity index (χ1v) is 5.97. The quantitative estimate of drug-likeness (QED) is 0.915. The highest BCUT2D eigenvalue weighted by atomic mass is 79.9. The van der Waals surface area contributed by atoms with Gasteiger partial charge < -0.3 is 10.5 Å². The summed E-state index contributed by atoms with van der Waals surface area (Å²) in [6.45, 7) is 0.753. The zero-order chi connectivity index (χ0) is 10.9. The van der Waals surface area contributed by atoms with Crippen molar-refractivity contribution in [1.29, 1.82) is 0 Å². The van der Waals surface area contributed by atoms with E-state index in [1.165, 1.54) is 5.56 Å². The van der Waals surface area contributed by atoms with Crippen molar-refractivity contribution < 1.29 is 4.74 Å². The van der Waals surface area contributed by atoms with E-state index in [-0.39, 0.29) is 5.41 Å². The molecule has 1 aliphatic carbocycles. The van der Waals surface area contributed by atoms with Crippen LogP contribution in [0.2, 0.25) is 0 Å². The minimum absolute atomic E-state index is 0.133. The number of benzene rings is 1. The molecule has 1 saturated carbocycles. The average Bonchev–Trinajstić information content (AvgIpc) is 2.16. The second-order valence-electron chi connectivity index (χ2n) is 4.36. The topological polar surface area (TPSA) is 35.2 Å². The minimum atomic E-state index is 0.133. The van der Waals surface area contributed by atoms with Gasteiger partial charge in [0.2, 0.25) is 0 Å². The molecule has 0 atom stereocenters. The van der Waals surface area contributed by atoms with Gasteiger partial charge in [-0.3, -0.25) is 0 Å². The molecule has 1 aliphatic rings. The van der Waals surface area contributed by atoms with Gasteiger partial charge in [-0.25, -0.2) is 0 Å². The molecule has 3 heteroatoms. The van der Waals surface area contributed by atoms with Crippen LogP contribution in [-0.2, 0) is 10.2 Å². The van der Waals surface area contributed by atoms with Crippen molar-refractivity contribution in [2.45, 2.75) is 24.3 Å². The lowest BCUT2D eigenvalue weighted by molar-refractivity contribution is 0.0657. The van der Waals surface area contributed by atoms with E-state index in [1.807, 2.05) is 6.07 Å². The van der Waals surface area contributed by atoms with Crippen LogP contribution in [0.25, 0.3) is 0 Å². The van der Waals surface area contributed by atoms with Crippen LogP contribution in [0.5, 0.6) is 0 Å². The molecule has 2 N–H and O–H groups in total.